The number of aryl methyl sites for hydroxylation is 1. The highest BCUT2D eigenvalue weighted by Gasteiger charge is 2.26. The summed E-state index contributed by atoms with van der Waals surface area (Å²) in [5.41, 5.74) is 2.54. The maximum Gasteiger partial charge on any atom is 0.255 e. The molecule has 33 heavy (non-hydrogen) atoms. The van der Waals surface area contributed by atoms with Crippen LogP contribution in [-0.2, 0) is 16.6 Å². The molecule has 3 aromatic carbocycles. The minimum atomic E-state index is -3.91. The van der Waals surface area contributed by atoms with Crippen LogP contribution in [0.25, 0.3) is 10.2 Å². The van der Waals surface area contributed by atoms with Crippen LogP contribution in [0, 0.1) is 6.92 Å². The summed E-state index contributed by atoms with van der Waals surface area (Å²) in [5.74, 6) is -0.242. The molecule has 170 valence electrons. The number of nitrogens with zero attached hydrogens (tertiary/aromatic N) is 2. The Morgan fingerprint density at radius 1 is 1.09 bits per heavy atom. The van der Waals surface area contributed by atoms with Gasteiger partial charge in [-0.1, -0.05) is 30.3 Å². The van der Waals surface area contributed by atoms with Gasteiger partial charge in [-0.2, -0.15) is 4.31 Å². The van der Waals surface area contributed by atoms with Gasteiger partial charge in [-0.25, -0.2) is 13.4 Å². The highest BCUT2D eigenvalue weighted by molar-refractivity contribution is 7.89. The van der Waals surface area contributed by atoms with E-state index >= 15 is 0 Å². The fourth-order valence-corrected chi connectivity index (χ4v) is 5.64. The van der Waals surface area contributed by atoms with Crippen molar-refractivity contribution in [1.82, 2.24) is 9.29 Å². The summed E-state index contributed by atoms with van der Waals surface area (Å²) in [6, 6.07) is 19.1. The van der Waals surface area contributed by atoms with Crippen LogP contribution in [0.1, 0.15) is 20.9 Å². The molecule has 0 radical (unpaired) electrons. The molecule has 0 aliphatic carbocycles. The Morgan fingerprint density at radius 2 is 1.85 bits per heavy atom. The van der Waals surface area contributed by atoms with Gasteiger partial charge in [0.15, 0.2) is 0 Å². The third kappa shape index (κ3) is 4.90. The molecule has 0 bridgehead atoms. The molecular weight excluding hydrogens is 458 g/mol. The van der Waals surface area contributed by atoms with Gasteiger partial charge in [-0.3, -0.25) is 4.79 Å². The average Bonchev–Trinajstić information content (AvgIpc) is 3.18. The van der Waals surface area contributed by atoms with Gasteiger partial charge >= 0.3 is 0 Å². The molecule has 7 nitrogen and oxygen atoms in total. The smallest absolute Gasteiger partial charge is 0.255 e. The van der Waals surface area contributed by atoms with E-state index in [9.17, 15) is 13.2 Å². The molecule has 1 N–H and O–H groups in total. The van der Waals surface area contributed by atoms with Gasteiger partial charge in [0.2, 0.25) is 10.0 Å². The maximum absolute atomic E-state index is 13.3. The Hall–Kier alpha value is -3.27. The van der Waals surface area contributed by atoms with Crippen LogP contribution in [0.3, 0.4) is 0 Å². The fourth-order valence-electron chi connectivity index (χ4n) is 3.43. The third-order valence-electron chi connectivity index (χ3n) is 5.12. The molecule has 4 rings (SSSR count). The molecule has 0 aliphatic rings. The second-order valence-corrected chi connectivity index (χ2v) is 10.7. The Morgan fingerprint density at radius 3 is 2.58 bits per heavy atom. The van der Waals surface area contributed by atoms with Crippen LogP contribution in [0.15, 0.2) is 71.6 Å². The maximum atomic E-state index is 13.3. The monoisotopic (exact) mass is 481 g/mol. The van der Waals surface area contributed by atoms with E-state index in [1.54, 1.807) is 23.5 Å². The number of nitrogens with one attached hydrogen (secondary N) is 1. The number of benzene rings is 3. The number of hydrogen-bond acceptors (Lipinski definition) is 6. The van der Waals surface area contributed by atoms with E-state index in [-0.39, 0.29) is 22.8 Å². The van der Waals surface area contributed by atoms with E-state index in [0.29, 0.717) is 5.69 Å². The first-order valence-corrected chi connectivity index (χ1v) is 12.4. The number of anilines is 1. The van der Waals surface area contributed by atoms with E-state index in [1.807, 2.05) is 49.4 Å². The lowest BCUT2D eigenvalue weighted by Gasteiger charge is -2.19. The first-order valence-electron chi connectivity index (χ1n) is 10.1. The third-order valence-corrected chi connectivity index (χ3v) is 7.87. The van der Waals surface area contributed by atoms with Crippen molar-refractivity contribution in [1.29, 1.82) is 0 Å². The van der Waals surface area contributed by atoms with Gasteiger partial charge in [0, 0.05) is 24.8 Å². The molecule has 1 amide bonds. The SMILES string of the molecule is COc1ccc(C(=O)Nc2ccc3nc(C)sc3c2)cc1S(=O)(=O)N(C)Cc1ccccc1. The second-order valence-electron chi connectivity index (χ2n) is 7.48. The topological polar surface area (TPSA) is 88.6 Å². The molecular formula is C24H23N3O4S2. The Labute approximate surface area is 196 Å². The zero-order chi connectivity index (χ0) is 23.6. The van der Waals surface area contributed by atoms with Gasteiger partial charge in [0.05, 0.1) is 22.3 Å². The normalized spacial score (nSPS) is 11.6. The number of hydrogen-bond donors (Lipinski definition) is 1. The molecule has 0 saturated heterocycles. The molecule has 0 spiro atoms. The zero-order valence-corrected chi connectivity index (χ0v) is 20.0. The number of fused-ring (bicyclic) bond motifs is 1. The van der Waals surface area contributed by atoms with E-state index in [4.69, 9.17) is 4.74 Å². The highest BCUT2D eigenvalue weighted by atomic mass is 32.2. The Bertz CT molecular complexity index is 1420. The Kier molecular flexibility index (Phi) is 6.46. The molecule has 0 aliphatic heterocycles. The summed E-state index contributed by atoms with van der Waals surface area (Å²) in [4.78, 5) is 17.3. The van der Waals surface area contributed by atoms with Crippen molar-refractivity contribution in [3.63, 3.8) is 0 Å². The minimum absolute atomic E-state index is 0.0652. The van der Waals surface area contributed by atoms with Crippen molar-refractivity contribution >= 4 is 43.2 Å². The van der Waals surface area contributed by atoms with Crippen LogP contribution < -0.4 is 10.1 Å². The van der Waals surface area contributed by atoms with E-state index < -0.39 is 15.9 Å². The molecule has 1 aromatic heterocycles. The molecule has 0 unspecified atom stereocenters. The number of sulfonamides is 1. The molecule has 1 heterocycles. The number of carbonyl (C=O) groups is 1. The van der Waals surface area contributed by atoms with Gasteiger partial charge < -0.3 is 10.1 Å². The predicted molar refractivity (Wildman–Crippen MR) is 130 cm³/mol. The van der Waals surface area contributed by atoms with Crippen molar-refractivity contribution in [2.75, 3.05) is 19.5 Å². The summed E-state index contributed by atoms with van der Waals surface area (Å²) in [6.45, 7) is 2.12. The van der Waals surface area contributed by atoms with E-state index in [2.05, 4.69) is 10.3 Å². The van der Waals surface area contributed by atoms with E-state index in [0.717, 1.165) is 20.8 Å². The number of thiazole rings is 1. The van der Waals surface area contributed by atoms with Gasteiger partial charge in [-0.05, 0) is 48.9 Å². The first-order chi connectivity index (χ1) is 15.8. The minimum Gasteiger partial charge on any atom is -0.495 e. The number of aromatic nitrogens is 1. The van der Waals surface area contributed by atoms with Crippen molar-refractivity contribution in [2.24, 2.45) is 0 Å². The molecule has 0 saturated carbocycles. The molecule has 4 aromatic rings. The number of amides is 1. The first kappa shape index (κ1) is 22.9. The molecule has 0 fully saturated rings. The summed E-state index contributed by atoms with van der Waals surface area (Å²) < 4.78 is 34.1. The average molecular weight is 482 g/mol. The summed E-state index contributed by atoms with van der Waals surface area (Å²) >= 11 is 1.54. The van der Waals surface area contributed by atoms with E-state index in [1.165, 1.54) is 30.6 Å². The van der Waals surface area contributed by atoms with Crippen LogP contribution >= 0.6 is 11.3 Å². The highest BCUT2D eigenvalue weighted by Crippen LogP contribution is 2.29. The van der Waals surface area contributed by atoms with Crippen LogP contribution in [0.2, 0.25) is 0 Å². The van der Waals surface area contributed by atoms with Crippen LogP contribution in [0.4, 0.5) is 5.69 Å². The lowest BCUT2D eigenvalue weighted by Crippen LogP contribution is -2.27. The zero-order valence-electron chi connectivity index (χ0n) is 18.4. The fraction of sp³-hybridized carbons (Fsp3) is 0.167. The lowest BCUT2D eigenvalue weighted by atomic mass is 10.2. The standard InChI is InChI=1S/C24H23N3O4S2/c1-16-25-20-11-10-19(14-22(20)32-16)26-24(28)18-9-12-21(31-3)23(13-18)33(29,30)27(2)15-17-7-5-4-6-8-17/h4-14H,15H2,1-3H3,(H,26,28). The summed E-state index contributed by atoms with van der Waals surface area (Å²) in [6.07, 6.45) is 0. The van der Waals surface area contributed by atoms with Gasteiger partial charge in [0.1, 0.15) is 10.6 Å². The van der Waals surface area contributed by atoms with Crippen molar-refractivity contribution < 1.29 is 17.9 Å². The number of rotatable bonds is 7. The number of carbonyl (C=O) groups excluding carboxylic acids is 1. The van der Waals surface area contributed by atoms with Crippen LogP contribution in [0.5, 0.6) is 5.75 Å². The van der Waals surface area contributed by atoms with Crippen LogP contribution in [-0.4, -0.2) is 37.8 Å². The number of methoxy groups -OCH3 is 1. The van der Waals surface area contributed by atoms with Crippen molar-refractivity contribution in [3.05, 3.63) is 82.9 Å². The Balaban J connectivity index is 1.61. The largest absolute Gasteiger partial charge is 0.495 e. The summed E-state index contributed by atoms with van der Waals surface area (Å²) in [5, 5.41) is 3.78. The second kappa shape index (κ2) is 9.30. The lowest BCUT2D eigenvalue weighted by molar-refractivity contribution is 0.102. The summed E-state index contributed by atoms with van der Waals surface area (Å²) in [7, 11) is -1.01. The van der Waals surface area contributed by atoms with Crippen molar-refractivity contribution in [2.45, 2.75) is 18.4 Å². The quantitative estimate of drug-likeness (QED) is 0.414. The van der Waals surface area contributed by atoms with Gasteiger partial charge in [0.25, 0.3) is 5.91 Å². The predicted octanol–water partition coefficient (Wildman–Crippen LogP) is 4.69. The molecule has 9 heteroatoms. The molecule has 0 atom stereocenters. The van der Waals surface area contributed by atoms with Crippen molar-refractivity contribution in [3.8, 4) is 5.75 Å². The van der Waals surface area contributed by atoms with Gasteiger partial charge in [-0.15, -0.1) is 11.3 Å². The number of ether oxygens (including phenoxy) is 1.